The first-order chi connectivity index (χ1) is 12.9. The molecule has 0 aliphatic carbocycles. The highest BCUT2D eigenvalue weighted by Crippen LogP contribution is 2.18. The van der Waals surface area contributed by atoms with Gasteiger partial charge in [-0.3, -0.25) is 9.78 Å². The van der Waals surface area contributed by atoms with E-state index in [-0.39, 0.29) is 18.2 Å². The Labute approximate surface area is 158 Å². The van der Waals surface area contributed by atoms with Crippen LogP contribution in [-0.4, -0.2) is 29.6 Å². The second-order valence-corrected chi connectivity index (χ2v) is 6.30. The molecule has 2 rings (SSSR count). The molecular formula is C19H26N6O2. The average molecular weight is 370 g/mol. The van der Waals surface area contributed by atoms with Crippen LogP contribution in [0, 0.1) is 5.92 Å². The molecule has 0 fully saturated rings. The van der Waals surface area contributed by atoms with Gasteiger partial charge in [-0.25, -0.2) is 4.98 Å². The van der Waals surface area contributed by atoms with E-state index in [1.165, 1.54) is 6.20 Å². The highest BCUT2D eigenvalue weighted by molar-refractivity contribution is 5.92. The lowest BCUT2D eigenvalue weighted by Gasteiger charge is -2.10. The molecule has 0 aliphatic rings. The SMILES string of the molecule is COCCC(=O)Nc1cnc2ccc(N/C(N)=C/C(=C\N)C(C)C)nc2c1. The van der Waals surface area contributed by atoms with Gasteiger partial charge in [0.25, 0.3) is 0 Å². The molecular weight excluding hydrogens is 344 g/mol. The van der Waals surface area contributed by atoms with E-state index in [0.717, 1.165) is 5.57 Å². The second-order valence-electron chi connectivity index (χ2n) is 6.30. The molecule has 2 aromatic rings. The number of pyridine rings is 2. The van der Waals surface area contributed by atoms with Crippen molar-refractivity contribution in [3.8, 4) is 0 Å². The number of anilines is 2. The lowest BCUT2D eigenvalue weighted by atomic mass is 10.0. The molecule has 0 atom stereocenters. The molecule has 0 saturated heterocycles. The summed E-state index contributed by atoms with van der Waals surface area (Å²) in [6, 6.07) is 5.38. The number of ether oxygens (including phenoxy) is 1. The van der Waals surface area contributed by atoms with Crippen LogP contribution in [0.15, 0.2) is 48.1 Å². The summed E-state index contributed by atoms with van der Waals surface area (Å²) in [5, 5.41) is 5.82. The lowest BCUT2D eigenvalue weighted by molar-refractivity contribution is -0.117. The third-order valence-electron chi connectivity index (χ3n) is 3.81. The minimum atomic E-state index is -0.144. The number of aromatic nitrogens is 2. The molecule has 0 aromatic carbocycles. The summed E-state index contributed by atoms with van der Waals surface area (Å²) in [6.07, 6.45) is 5.19. The van der Waals surface area contributed by atoms with Gasteiger partial charge in [-0.1, -0.05) is 13.8 Å². The molecule has 0 unspecified atom stereocenters. The standard InChI is InChI=1S/C19H26N6O2/c1-12(2)13(10-20)8-17(21)25-18-5-4-15-16(24-18)9-14(11-22-15)23-19(26)6-7-27-3/h4-5,8-12H,6-7,20-21H2,1-3H3,(H,23,26)(H,24,25)/b13-10+,17-8+. The Hall–Kier alpha value is -3.13. The zero-order valence-electron chi connectivity index (χ0n) is 15.8. The van der Waals surface area contributed by atoms with Crippen molar-refractivity contribution in [2.45, 2.75) is 20.3 Å². The Morgan fingerprint density at radius 1 is 1.30 bits per heavy atom. The molecule has 2 heterocycles. The molecule has 27 heavy (non-hydrogen) atoms. The summed E-state index contributed by atoms with van der Waals surface area (Å²) in [7, 11) is 1.55. The zero-order chi connectivity index (χ0) is 19.8. The molecule has 0 bridgehead atoms. The highest BCUT2D eigenvalue weighted by Gasteiger charge is 2.06. The third kappa shape index (κ3) is 5.96. The molecule has 0 radical (unpaired) electrons. The number of carbonyl (C=O) groups excluding carboxylic acids is 1. The van der Waals surface area contributed by atoms with Gasteiger partial charge in [-0.05, 0) is 42.0 Å². The first kappa shape index (κ1) is 20.2. The number of allylic oxidation sites excluding steroid dienone is 2. The van der Waals surface area contributed by atoms with Crippen molar-refractivity contribution < 1.29 is 9.53 Å². The van der Waals surface area contributed by atoms with Gasteiger partial charge in [0, 0.05) is 7.11 Å². The normalized spacial score (nSPS) is 12.4. The second kappa shape index (κ2) is 9.54. The molecule has 2 aromatic heterocycles. The number of hydrogen-bond acceptors (Lipinski definition) is 7. The van der Waals surface area contributed by atoms with Gasteiger partial charge in [-0.15, -0.1) is 0 Å². The van der Waals surface area contributed by atoms with E-state index in [9.17, 15) is 4.79 Å². The summed E-state index contributed by atoms with van der Waals surface area (Å²) in [5.41, 5.74) is 14.5. The van der Waals surface area contributed by atoms with Gasteiger partial charge in [0.05, 0.1) is 35.9 Å². The molecule has 1 amide bonds. The van der Waals surface area contributed by atoms with Crippen molar-refractivity contribution in [3.05, 3.63) is 48.1 Å². The van der Waals surface area contributed by atoms with E-state index in [0.29, 0.717) is 35.0 Å². The predicted molar refractivity (Wildman–Crippen MR) is 108 cm³/mol. The summed E-state index contributed by atoms with van der Waals surface area (Å²) >= 11 is 0. The van der Waals surface area contributed by atoms with Crippen LogP contribution in [-0.2, 0) is 9.53 Å². The van der Waals surface area contributed by atoms with Crippen LogP contribution in [0.25, 0.3) is 11.0 Å². The quantitative estimate of drug-likeness (QED) is 0.525. The number of methoxy groups -OCH3 is 1. The van der Waals surface area contributed by atoms with Gasteiger partial charge in [-0.2, -0.15) is 0 Å². The van der Waals surface area contributed by atoms with Gasteiger partial charge < -0.3 is 26.8 Å². The molecule has 0 saturated carbocycles. The summed E-state index contributed by atoms with van der Waals surface area (Å²) in [6.45, 7) is 4.43. The number of rotatable bonds is 8. The Kier molecular flexibility index (Phi) is 7.13. The summed E-state index contributed by atoms with van der Waals surface area (Å²) in [4.78, 5) is 20.6. The first-order valence-electron chi connectivity index (χ1n) is 8.64. The van der Waals surface area contributed by atoms with Gasteiger partial charge in [0.1, 0.15) is 11.6 Å². The maximum Gasteiger partial charge on any atom is 0.226 e. The van der Waals surface area contributed by atoms with Crippen LogP contribution in [0.3, 0.4) is 0 Å². The van der Waals surface area contributed by atoms with E-state index in [4.69, 9.17) is 16.2 Å². The minimum Gasteiger partial charge on any atom is -0.404 e. The van der Waals surface area contributed by atoms with E-state index >= 15 is 0 Å². The molecule has 8 nitrogen and oxygen atoms in total. The fourth-order valence-corrected chi connectivity index (χ4v) is 2.33. The van der Waals surface area contributed by atoms with Gasteiger partial charge >= 0.3 is 0 Å². The number of amides is 1. The first-order valence-corrected chi connectivity index (χ1v) is 8.64. The Morgan fingerprint density at radius 3 is 2.74 bits per heavy atom. The highest BCUT2D eigenvalue weighted by atomic mass is 16.5. The van der Waals surface area contributed by atoms with Crippen molar-refractivity contribution >= 4 is 28.4 Å². The van der Waals surface area contributed by atoms with Gasteiger partial charge in [0.15, 0.2) is 0 Å². The Morgan fingerprint density at radius 2 is 2.07 bits per heavy atom. The van der Waals surface area contributed by atoms with E-state index in [1.807, 2.05) is 19.9 Å². The van der Waals surface area contributed by atoms with Crippen LogP contribution in [0.4, 0.5) is 11.5 Å². The maximum absolute atomic E-state index is 11.8. The van der Waals surface area contributed by atoms with Crippen LogP contribution >= 0.6 is 0 Å². The van der Waals surface area contributed by atoms with Crippen molar-refractivity contribution in [2.75, 3.05) is 24.4 Å². The Balaban J connectivity index is 2.17. The third-order valence-corrected chi connectivity index (χ3v) is 3.81. The van der Waals surface area contributed by atoms with Crippen LogP contribution in [0.2, 0.25) is 0 Å². The fourth-order valence-electron chi connectivity index (χ4n) is 2.33. The van der Waals surface area contributed by atoms with E-state index < -0.39 is 0 Å². The van der Waals surface area contributed by atoms with Gasteiger partial charge in [0.2, 0.25) is 5.91 Å². The number of nitrogens with zero attached hydrogens (tertiary/aromatic N) is 2. The van der Waals surface area contributed by atoms with E-state index in [1.54, 1.807) is 31.5 Å². The average Bonchev–Trinajstić information content (AvgIpc) is 2.63. The number of nitrogens with one attached hydrogen (secondary N) is 2. The number of fused-ring (bicyclic) bond motifs is 1. The monoisotopic (exact) mass is 370 g/mol. The topological polar surface area (TPSA) is 128 Å². The van der Waals surface area contributed by atoms with Crippen molar-refractivity contribution in [1.82, 2.24) is 9.97 Å². The zero-order valence-corrected chi connectivity index (χ0v) is 15.8. The van der Waals surface area contributed by atoms with Crippen LogP contribution in [0.1, 0.15) is 20.3 Å². The summed E-state index contributed by atoms with van der Waals surface area (Å²) < 4.78 is 4.90. The van der Waals surface area contributed by atoms with Crippen LogP contribution in [0.5, 0.6) is 0 Å². The Bertz CT molecular complexity index is 860. The molecule has 0 spiro atoms. The smallest absolute Gasteiger partial charge is 0.226 e. The van der Waals surface area contributed by atoms with E-state index in [2.05, 4.69) is 20.6 Å². The number of carbonyl (C=O) groups is 1. The molecule has 6 N–H and O–H groups in total. The number of nitrogens with two attached hydrogens (primary N) is 2. The molecule has 8 heteroatoms. The van der Waals surface area contributed by atoms with Crippen molar-refractivity contribution in [3.63, 3.8) is 0 Å². The molecule has 0 aliphatic heterocycles. The molecule has 144 valence electrons. The fraction of sp³-hybridized carbons (Fsp3) is 0.316. The van der Waals surface area contributed by atoms with Crippen LogP contribution < -0.4 is 22.1 Å². The van der Waals surface area contributed by atoms with Crippen molar-refractivity contribution in [2.24, 2.45) is 17.4 Å². The predicted octanol–water partition coefficient (Wildman–Crippen LogP) is 2.32. The summed E-state index contributed by atoms with van der Waals surface area (Å²) in [5.74, 6) is 1.12. The largest absolute Gasteiger partial charge is 0.404 e. The minimum absolute atomic E-state index is 0.144. The number of hydrogen-bond donors (Lipinski definition) is 4. The maximum atomic E-state index is 11.8. The lowest BCUT2D eigenvalue weighted by Crippen LogP contribution is -2.14. The van der Waals surface area contributed by atoms with Crippen molar-refractivity contribution in [1.29, 1.82) is 0 Å².